The van der Waals surface area contributed by atoms with E-state index in [4.69, 9.17) is 10.5 Å². The molecule has 1 fully saturated rings. The van der Waals surface area contributed by atoms with Gasteiger partial charge in [0.25, 0.3) is 0 Å². The minimum absolute atomic E-state index is 0.00707. The maximum Gasteiger partial charge on any atom is 0.246 e. The Morgan fingerprint density at radius 1 is 1.33 bits per heavy atom. The van der Waals surface area contributed by atoms with Crippen LogP contribution in [-0.4, -0.2) is 30.4 Å². The van der Waals surface area contributed by atoms with Gasteiger partial charge in [0.2, 0.25) is 5.91 Å². The third-order valence-electron chi connectivity index (χ3n) is 3.05. The Balaban J connectivity index is 2.05. The molecule has 1 unspecified atom stereocenters. The second kappa shape index (κ2) is 4.88. The van der Waals surface area contributed by atoms with Crippen molar-refractivity contribution < 1.29 is 14.3 Å². The van der Waals surface area contributed by atoms with Crippen molar-refractivity contribution in [3.63, 3.8) is 0 Å². The molecule has 1 aromatic carbocycles. The summed E-state index contributed by atoms with van der Waals surface area (Å²) in [5.41, 5.74) is 6.23. The largest absolute Gasteiger partial charge is 0.379 e. The average molecular weight is 248 g/mol. The van der Waals surface area contributed by atoms with Gasteiger partial charge >= 0.3 is 0 Å². The molecule has 0 aliphatic carbocycles. The summed E-state index contributed by atoms with van der Waals surface area (Å²) in [7, 11) is 0. The first-order valence-corrected chi connectivity index (χ1v) is 5.80. The van der Waals surface area contributed by atoms with Crippen molar-refractivity contribution in [2.24, 2.45) is 5.73 Å². The zero-order valence-corrected chi connectivity index (χ0v) is 10.2. The standard InChI is InChI=1S/C13H16N2O3/c1-9(16)10-2-4-11(5-3-10)15-12(17)13(14)6-7-18-8-13/h2-5H,6-8,14H2,1H3,(H,15,17). The van der Waals surface area contributed by atoms with E-state index in [1.54, 1.807) is 24.3 Å². The van der Waals surface area contributed by atoms with Crippen molar-refractivity contribution in [1.29, 1.82) is 0 Å². The molecule has 2 rings (SSSR count). The lowest BCUT2D eigenvalue weighted by Crippen LogP contribution is -2.51. The van der Waals surface area contributed by atoms with Crippen molar-refractivity contribution >= 4 is 17.4 Å². The Morgan fingerprint density at radius 2 is 2.00 bits per heavy atom. The summed E-state index contributed by atoms with van der Waals surface area (Å²) in [5.74, 6) is -0.261. The fraction of sp³-hybridized carbons (Fsp3) is 0.385. The van der Waals surface area contributed by atoms with E-state index in [0.717, 1.165) is 0 Å². The number of rotatable bonds is 3. The summed E-state index contributed by atoms with van der Waals surface area (Å²) in [6, 6.07) is 6.72. The normalized spacial score (nSPS) is 22.8. The highest BCUT2D eigenvalue weighted by atomic mass is 16.5. The molecular formula is C13H16N2O3. The van der Waals surface area contributed by atoms with E-state index in [9.17, 15) is 9.59 Å². The van der Waals surface area contributed by atoms with Crippen LogP contribution in [0, 0.1) is 0 Å². The molecule has 1 aliphatic heterocycles. The van der Waals surface area contributed by atoms with Crippen LogP contribution in [0.4, 0.5) is 5.69 Å². The highest BCUT2D eigenvalue weighted by molar-refractivity contribution is 5.99. The van der Waals surface area contributed by atoms with Crippen LogP contribution in [0.3, 0.4) is 0 Å². The first-order valence-electron chi connectivity index (χ1n) is 5.80. The van der Waals surface area contributed by atoms with Crippen molar-refractivity contribution in [1.82, 2.24) is 0 Å². The molecule has 1 aromatic rings. The summed E-state index contributed by atoms with van der Waals surface area (Å²) < 4.78 is 5.14. The molecule has 3 N–H and O–H groups in total. The molecular weight excluding hydrogens is 232 g/mol. The van der Waals surface area contributed by atoms with Crippen molar-refractivity contribution in [3.8, 4) is 0 Å². The summed E-state index contributed by atoms with van der Waals surface area (Å²) in [5, 5.41) is 2.74. The summed E-state index contributed by atoms with van der Waals surface area (Å²) in [4.78, 5) is 23.1. The van der Waals surface area contributed by atoms with Gasteiger partial charge in [0.15, 0.2) is 5.78 Å². The highest BCUT2D eigenvalue weighted by Crippen LogP contribution is 2.18. The second-order valence-corrected chi connectivity index (χ2v) is 4.55. The third-order valence-corrected chi connectivity index (χ3v) is 3.05. The predicted octanol–water partition coefficient (Wildman–Crippen LogP) is 0.946. The van der Waals surface area contributed by atoms with Gasteiger partial charge < -0.3 is 15.8 Å². The van der Waals surface area contributed by atoms with Crippen LogP contribution >= 0.6 is 0 Å². The van der Waals surface area contributed by atoms with Crippen LogP contribution in [0.15, 0.2) is 24.3 Å². The van der Waals surface area contributed by atoms with Gasteiger partial charge in [0.1, 0.15) is 5.54 Å². The lowest BCUT2D eigenvalue weighted by Gasteiger charge is -2.20. The van der Waals surface area contributed by atoms with Crippen LogP contribution in [0.5, 0.6) is 0 Å². The predicted molar refractivity (Wildman–Crippen MR) is 67.4 cm³/mol. The smallest absolute Gasteiger partial charge is 0.246 e. The Hall–Kier alpha value is -1.72. The number of anilines is 1. The number of benzene rings is 1. The average Bonchev–Trinajstić information content (AvgIpc) is 2.78. The number of carbonyl (C=O) groups is 2. The zero-order chi connectivity index (χ0) is 13.2. The summed E-state index contributed by atoms with van der Waals surface area (Å²) in [6.45, 7) is 2.25. The molecule has 1 heterocycles. The van der Waals surface area contributed by atoms with Gasteiger partial charge in [-0.25, -0.2) is 0 Å². The molecule has 0 aromatic heterocycles. The van der Waals surface area contributed by atoms with Crippen LogP contribution in [0.25, 0.3) is 0 Å². The molecule has 5 heteroatoms. The molecule has 5 nitrogen and oxygen atoms in total. The second-order valence-electron chi connectivity index (χ2n) is 4.55. The molecule has 0 spiro atoms. The molecule has 1 saturated heterocycles. The van der Waals surface area contributed by atoms with Crippen LogP contribution in [-0.2, 0) is 9.53 Å². The van der Waals surface area contributed by atoms with E-state index >= 15 is 0 Å². The van der Waals surface area contributed by atoms with Gasteiger partial charge in [-0.1, -0.05) is 0 Å². The number of hydrogen-bond acceptors (Lipinski definition) is 4. The van der Waals surface area contributed by atoms with E-state index in [1.165, 1.54) is 6.92 Å². The van der Waals surface area contributed by atoms with Gasteiger partial charge in [-0.15, -0.1) is 0 Å². The van der Waals surface area contributed by atoms with Gasteiger partial charge in [-0.2, -0.15) is 0 Å². The maximum absolute atomic E-state index is 12.0. The molecule has 0 radical (unpaired) electrons. The van der Waals surface area contributed by atoms with E-state index < -0.39 is 5.54 Å². The lowest BCUT2D eigenvalue weighted by molar-refractivity contribution is -0.121. The highest BCUT2D eigenvalue weighted by Gasteiger charge is 2.38. The summed E-state index contributed by atoms with van der Waals surface area (Å²) >= 11 is 0. The van der Waals surface area contributed by atoms with Crippen LogP contribution in [0.2, 0.25) is 0 Å². The minimum Gasteiger partial charge on any atom is -0.379 e. The number of carbonyl (C=O) groups excluding carboxylic acids is 2. The number of nitrogens with two attached hydrogens (primary N) is 1. The number of hydrogen-bond donors (Lipinski definition) is 2. The molecule has 1 aliphatic rings. The maximum atomic E-state index is 12.0. The number of nitrogens with one attached hydrogen (secondary N) is 1. The first-order chi connectivity index (χ1) is 8.51. The Morgan fingerprint density at radius 3 is 2.50 bits per heavy atom. The van der Waals surface area contributed by atoms with Gasteiger partial charge in [0.05, 0.1) is 6.61 Å². The number of ether oxygens (including phenoxy) is 1. The van der Waals surface area contributed by atoms with E-state index in [-0.39, 0.29) is 18.3 Å². The number of Topliss-reactive ketones (excluding diaryl/α,β-unsaturated/α-hetero) is 1. The van der Waals surface area contributed by atoms with E-state index in [1.807, 2.05) is 0 Å². The minimum atomic E-state index is -0.945. The Kier molecular flexibility index (Phi) is 3.45. The summed E-state index contributed by atoms with van der Waals surface area (Å²) in [6.07, 6.45) is 0.518. The monoisotopic (exact) mass is 248 g/mol. The molecule has 96 valence electrons. The van der Waals surface area contributed by atoms with Crippen molar-refractivity contribution in [3.05, 3.63) is 29.8 Å². The molecule has 1 atom stereocenters. The Bertz CT molecular complexity index is 462. The van der Waals surface area contributed by atoms with Crippen LogP contribution in [0.1, 0.15) is 23.7 Å². The van der Waals surface area contributed by atoms with Gasteiger partial charge in [0, 0.05) is 17.9 Å². The molecule has 0 saturated carbocycles. The van der Waals surface area contributed by atoms with E-state index in [0.29, 0.717) is 24.3 Å². The quantitative estimate of drug-likeness (QED) is 0.780. The fourth-order valence-corrected chi connectivity index (χ4v) is 1.80. The fourth-order valence-electron chi connectivity index (χ4n) is 1.80. The van der Waals surface area contributed by atoms with E-state index in [2.05, 4.69) is 5.32 Å². The Labute approximate surface area is 105 Å². The first kappa shape index (κ1) is 12.7. The molecule has 0 bridgehead atoms. The number of amides is 1. The topological polar surface area (TPSA) is 81.4 Å². The van der Waals surface area contributed by atoms with Crippen molar-refractivity contribution in [2.75, 3.05) is 18.5 Å². The van der Waals surface area contributed by atoms with Crippen molar-refractivity contribution in [2.45, 2.75) is 18.9 Å². The SMILES string of the molecule is CC(=O)c1ccc(NC(=O)C2(N)CCOC2)cc1. The lowest BCUT2D eigenvalue weighted by atomic mass is 9.99. The van der Waals surface area contributed by atoms with Gasteiger partial charge in [-0.3, -0.25) is 9.59 Å². The van der Waals surface area contributed by atoms with Gasteiger partial charge in [-0.05, 0) is 37.6 Å². The number of ketones is 1. The van der Waals surface area contributed by atoms with Crippen LogP contribution < -0.4 is 11.1 Å². The molecule has 18 heavy (non-hydrogen) atoms. The third kappa shape index (κ3) is 2.57. The zero-order valence-electron chi connectivity index (χ0n) is 10.2. The molecule has 1 amide bonds.